The second-order valence-electron chi connectivity index (χ2n) is 3.91. The largest absolute Gasteiger partial charge is 0.496 e. The minimum Gasteiger partial charge on any atom is -0.496 e. The maximum Gasteiger partial charge on any atom is 0.174 e. The summed E-state index contributed by atoms with van der Waals surface area (Å²) in [5.74, 6) is 1.03. The van der Waals surface area contributed by atoms with Crippen LogP contribution in [0.3, 0.4) is 0 Å². The molecule has 0 saturated carbocycles. The lowest BCUT2D eigenvalue weighted by Gasteiger charge is -2.16. The Bertz CT molecular complexity index is 406. The molecule has 1 atom stereocenters. The fraction of sp³-hybridized carbons (Fsp3) is 0.462. The third-order valence-electron chi connectivity index (χ3n) is 2.76. The van der Waals surface area contributed by atoms with E-state index in [1.807, 2.05) is 0 Å². The normalized spacial score (nSPS) is 11.8. The van der Waals surface area contributed by atoms with Crippen LogP contribution in [0.25, 0.3) is 0 Å². The van der Waals surface area contributed by atoms with Crippen LogP contribution < -0.4 is 19.9 Å². The molecule has 5 nitrogen and oxygen atoms in total. The van der Waals surface area contributed by atoms with Gasteiger partial charge in [-0.3, -0.25) is 4.79 Å². The van der Waals surface area contributed by atoms with E-state index < -0.39 is 0 Å². The predicted molar refractivity (Wildman–Crippen MR) is 68.6 cm³/mol. The minimum absolute atomic E-state index is 0.103. The highest BCUT2D eigenvalue weighted by molar-refractivity contribution is 6.03. The first kappa shape index (κ1) is 14.3. The highest BCUT2D eigenvalue weighted by Crippen LogP contribution is 2.35. The number of methoxy groups -OCH3 is 3. The van der Waals surface area contributed by atoms with Crippen LogP contribution in [-0.2, 0) is 0 Å². The minimum atomic E-state index is -0.291. The SMILES string of the molecule is COc1cc(OC)c(C(=O)C(C)CN)c(OC)c1. The van der Waals surface area contributed by atoms with Gasteiger partial charge in [0.2, 0.25) is 0 Å². The quantitative estimate of drug-likeness (QED) is 0.778. The van der Waals surface area contributed by atoms with Gasteiger partial charge in [-0.2, -0.15) is 0 Å². The van der Waals surface area contributed by atoms with Crippen molar-refractivity contribution in [3.05, 3.63) is 17.7 Å². The van der Waals surface area contributed by atoms with Gasteiger partial charge < -0.3 is 19.9 Å². The van der Waals surface area contributed by atoms with Crippen molar-refractivity contribution >= 4 is 5.78 Å². The zero-order valence-corrected chi connectivity index (χ0v) is 11.1. The molecule has 0 bridgehead atoms. The van der Waals surface area contributed by atoms with Crippen LogP contribution in [-0.4, -0.2) is 33.7 Å². The third kappa shape index (κ3) is 2.73. The Hall–Kier alpha value is -1.75. The van der Waals surface area contributed by atoms with Crippen molar-refractivity contribution in [3.63, 3.8) is 0 Å². The van der Waals surface area contributed by atoms with E-state index in [0.717, 1.165) is 0 Å². The molecule has 1 rings (SSSR count). The van der Waals surface area contributed by atoms with Crippen LogP contribution in [0.2, 0.25) is 0 Å². The van der Waals surface area contributed by atoms with Crippen LogP contribution in [0.5, 0.6) is 17.2 Å². The first-order chi connectivity index (χ1) is 8.58. The molecule has 1 unspecified atom stereocenters. The molecule has 0 aliphatic heterocycles. The number of carbonyl (C=O) groups excluding carboxylic acids is 1. The number of rotatable bonds is 6. The molecule has 100 valence electrons. The van der Waals surface area contributed by atoms with Crippen molar-refractivity contribution in [3.8, 4) is 17.2 Å². The summed E-state index contributed by atoms with van der Waals surface area (Å²) >= 11 is 0. The van der Waals surface area contributed by atoms with Gasteiger partial charge in [-0.25, -0.2) is 0 Å². The molecule has 0 fully saturated rings. The Morgan fingerprint density at radius 2 is 1.67 bits per heavy atom. The topological polar surface area (TPSA) is 70.8 Å². The molecule has 0 spiro atoms. The van der Waals surface area contributed by atoms with Crippen molar-refractivity contribution in [2.24, 2.45) is 11.7 Å². The van der Waals surface area contributed by atoms with E-state index in [2.05, 4.69) is 0 Å². The van der Waals surface area contributed by atoms with Crippen molar-refractivity contribution in [1.82, 2.24) is 0 Å². The van der Waals surface area contributed by atoms with E-state index in [0.29, 0.717) is 22.8 Å². The summed E-state index contributed by atoms with van der Waals surface area (Å²) in [6.45, 7) is 2.04. The molecule has 2 N–H and O–H groups in total. The molecule has 0 heterocycles. The lowest BCUT2D eigenvalue weighted by Crippen LogP contribution is -2.21. The molecule has 0 aromatic heterocycles. The van der Waals surface area contributed by atoms with E-state index in [4.69, 9.17) is 19.9 Å². The summed E-state index contributed by atoms with van der Waals surface area (Å²) < 4.78 is 15.6. The number of hydrogen-bond acceptors (Lipinski definition) is 5. The van der Waals surface area contributed by atoms with Crippen molar-refractivity contribution < 1.29 is 19.0 Å². The Labute approximate surface area is 107 Å². The maximum absolute atomic E-state index is 12.3. The molecule has 0 amide bonds. The van der Waals surface area contributed by atoms with Crippen molar-refractivity contribution in [1.29, 1.82) is 0 Å². The average molecular weight is 253 g/mol. The first-order valence-corrected chi connectivity index (χ1v) is 5.63. The van der Waals surface area contributed by atoms with Gasteiger partial charge in [0.25, 0.3) is 0 Å². The molecule has 0 aliphatic rings. The highest BCUT2D eigenvalue weighted by Gasteiger charge is 2.23. The lowest BCUT2D eigenvalue weighted by atomic mass is 9.97. The number of carbonyl (C=O) groups is 1. The Balaban J connectivity index is 3.35. The smallest absolute Gasteiger partial charge is 0.174 e. The van der Waals surface area contributed by atoms with Crippen molar-refractivity contribution in [2.75, 3.05) is 27.9 Å². The number of nitrogens with two attached hydrogens (primary N) is 1. The number of ketones is 1. The van der Waals surface area contributed by atoms with Crippen LogP contribution in [0.15, 0.2) is 12.1 Å². The first-order valence-electron chi connectivity index (χ1n) is 5.63. The fourth-order valence-electron chi connectivity index (χ4n) is 1.60. The molecular formula is C13H19NO4. The summed E-state index contributed by atoms with van der Waals surface area (Å²) in [7, 11) is 4.54. The summed E-state index contributed by atoms with van der Waals surface area (Å²) in [6.07, 6.45) is 0. The number of benzene rings is 1. The molecule has 1 aromatic rings. The zero-order valence-electron chi connectivity index (χ0n) is 11.1. The standard InChI is InChI=1S/C13H19NO4/c1-8(7-14)13(15)12-10(17-3)5-9(16-2)6-11(12)18-4/h5-6,8H,7,14H2,1-4H3. The van der Waals surface area contributed by atoms with Gasteiger partial charge in [-0.05, 0) is 0 Å². The molecule has 0 radical (unpaired) electrons. The molecular weight excluding hydrogens is 234 g/mol. The van der Waals surface area contributed by atoms with Gasteiger partial charge >= 0.3 is 0 Å². The maximum atomic E-state index is 12.3. The molecule has 1 aromatic carbocycles. The summed E-state index contributed by atoms with van der Waals surface area (Å²) in [4.78, 5) is 12.3. The van der Waals surface area contributed by atoms with Gasteiger partial charge in [0, 0.05) is 24.6 Å². The predicted octanol–water partition coefficient (Wildman–Crippen LogP) is 1.49. The van der Waals surface area contributed by atoms with Crippen LogP contribution in [0, 0.1) is 5.92 Å². The lowest BCUT2D eigenvalue weighted by molar-refractivity contribution is 0.0928. The fourth-order valence-corrected chi connectivity index (χ4v) is 1.60. The number of Topliss-reactive ketones (excluding diaryl/α,β-unsaturated/α-hetero) is 1. The van der Waals surface area contributed by atoms with E-state index in [1.54, 1.807) is 19.1 Å². The Kier molecular flexibility index (Phi) is 4.97. The van der Waals surface area contributed by atoms with E-state index in [9.17, 15) is 4.79 Å². The van der Waals surface area contributed by atoms with Gasteiger partial charge in [0.15, 0.2) is 5.78 Å². The van der Waals surface area contributed by atoms with E-state index >= 15 is 0 Å². The number of ether oxygens (including phenoxy) is 3. The summed E-state index contributed by atoms with van der Waals surface area (Å²) in [5.41, 5.74) is 5.92. The molecule has 0 aliphatic carbocycles. The monoisotopic (exact) mass is 253 g/mol. The van der Waals surface area contributed by atoms with Gasteiger partial charge in [-0.15, -0.1) is 0 Å². The van der Waals surface area contributed by atoms with Gasteiger partial charge in [0.05, 0.1) is 21.3 Å². The Morgan fingerprint density at radius 1 is 1.17 bits per heavy atom. The zero-order chi connectivity index (χ0) is 13.7. The van der Waals surface area contributed by atoms with Crippen LogP contribution in [0.1, 0.15) is 17.3 Å². The molecule has 18 heavy (non-hydrogen) atoms. The second kappa shape index (κ2) is 6.26. The van der Waals surface area contributed by atoms with Gasteiger partial charge in [0.1, 0.15) is 22.8 Å². The van der Waals surface area contributed by atoms with Crippen LogP contribution in [0.4, 0.5) is 0 Å². The number of hydrogen-bond donors (Lipinski definition) is 1. The highest BCUT2D eigenvalue weighted by atomic mass is 16.5. The van der Waals surface area contributed by atoms with Crippen molar-refractivity contribution in [2.45, 2.75) is 6.92 Å². The van der Waals surface area contributed by atoms with E-state index in [-0.39, 0.29) is 18.2 Å². The summed E-state index contributed by atoms with van der Waals surface area (Å²) in [5, 5.41) is 0. The molecule has 0 saturated heterocycles. The summed E-state index contributed by atoms with van der Waals surface area (Å²) in [6, 6.07) is 3.30. The molecule has 5 heteroatoms. The average Bonchev–Trinajstić information content (AvgIpc) is 2.43. The van der Waals surface area contributed by atoms with Gasteiger partial charge in [-0.1, -0.05) is 6.92 Å². The Morgan fingerprint density at radius 3 is 2.00 bits per heavy atom. The third-order valence-corrected chi connectivity index (χ3v) is 2.76. The van der Waals surface area contributed by atoms with E-state index in [1.165, 1.54) is 21.3 Å². The van der Waals surface area contributed by atoms with Crippen LogP contribution >= 0.6 is 0 Å². The second-order valence-corrected chi connectivity index (χ2v) is 3.91.